The van der Waals surface area contributed by atoms with Crippen molar-refractivity contribution in [3.63, 3.8) is 0 Å². The second-order valence-corrected chi connectivity index (χ2v) is 5.20. The van der Waals surface area contributed by atoms with Crippen LogP contribution in [0, 0.1) is 0 Å². The number of methoxy groups -OCH3 is 1. The van der Waals surface area contributed by atoms with Gasteiger partial charge in [-0.2, -0.15) is 4.98 Å². The van der Waals surface area contributed by atoms with E-state index in [1.165, 1.54) is 5.56 Å². The van der Waals surface area contributed by atoms with Crippen molar-refractivity contribution in [2.75, 3.05) is 20.3 Å². The summed E-state index contributed by atoms with van der Waals surface area (Å²) in [6.45, 7) is 1.13. The number of fused-ring (bicyclic) bond motifs is 1. The van der Waals surface area contributed by atoms with Crippen LogP contribution in [-0.2, 0) is 11.2 Å². The summed E-state index contributed by atoms with van der Waals surface area (Å²) < 4.78 is 16.0. The van der Waals surface area contributed by atoms with Crippen LogP contribution in [-0.4, -0.2) is 30.5 Å². The molecule has 2 aromatic rings. The number of nitrogens with two attached hydrogens (primary N) is 1. The fraction of sp³-hybridized carbons (Fsp3) is 0.467. The molecule has 0 amide bonds. The molecule has 0 saturated heterocycles. The van der Waals surface area contributed by atoms with Crippen LogP contribution >= 0.6 is 0 Å². The molecule has 0 bridgehead atoms. The molecule has 0 aliphatic carbocycles. The van der Waals surface area contributed by atoms with Crippen LogP contribution in [0.25, 0.3) is 0 Å². The van der Waals surface area contributed by atoms with Crippen molar-refractivity contribution >= 4 is 0 Å². The second-order valence-electron chi connectivity index (χ2n) is 5.20. The van der Waals surface area contributed by atoms with E-state index < -0.39 is 0 Å². The van der Waals surface area contributed by atoms with E-state index in [1.54, 1.807) is 7.11 Å². The number of hydrogen-bond acceptors (Lipinski definition) is 6. The van der Waals surface area contributed by atoms with Crippen molar-refractivity contribution < 1.29 is 14.0 Å². The number of rotatable bonds is 5. The molecule has 6 heteroatoms. The fourth-order valence-electron chi connectivity index (χ4n) is 2.43. The van der Waals surface area contributed by atoms with Gasteiger partial charge in [0.05, 0.1) is 18.6 Å². The molecule has 112 valence electrons. The highest BCUT2D eigenvalue weighted by Crippen LogP contribution is 2.31. The maximum Gasteiger partial charge on any atom is 0.243 e. The third-order valence-corrected chi connectivity index (χ3v) is 3.65. The molecular weight excluding hydrogens is 270 g/mol. The normalized spacial score (nSPS) is 18.9. The average Bonchev–Trinajstić information content (AvgIpc) is 3.02. The summed E-state index contributed by atoms with van der Waals surface area (Å²) in [4.78, 5) is 4.42. The first-order valence-corrected chi connectivity index (χ1v) is 7.06. The van der Waals surface area contributed by atoms with Crippen LogP contribution < -0.4 is 10.5 Å². The van der Waals surface area contributed by atoms with Crippen LogP contribution in [0.5, 0.6) is 5.75 Å². The van der Waals surface area contributed by atoms with E-state index in [0.717, 1.165) is 12.2 Å². The van der Waals surface area contributed by atoms with Gasteiger partial charge in [-0.05, 0) is 24.5 Å². The van der Waals surface area contributed by atoms with Gasteiger partial charge in [-0.3, -0.25) is 0 Å². The van der Waals surface area contributed by atoms with E-state index in [1.807, 2.05) is 18.2 Å². The number of nitrogens with zero attached hydrogens (tertiary/aromatic N) is 2. The maximum absolute atomic E-state index is 5.99. The molecule has 6 nitrogen and oxygen atoms in total. The molecule has 21 heavy (non-hydrogen) atoms. The summed E-state index contributed by atoms with van der Waals surface area (Å²) in [5.41, 5.74) is 7.16. The Labute approximate surface area is 123 Å². The molecule has 2 unspecified atom stereocenters. The Hall–Kier alpha value is -1.92. The lowest BCUT2D eigenvalue weighted by Crippen LogP contribution is -2.20. The predicted octanol–water partition coefficient (Wildman–Crippen LogP) is 1.82. The van der Waals surface area contributed by atoms with E-state index in [2.05, 4.69) is 16.2 Å². The topological polar surface area (TPSA) is 83.4 Å². The van der Waals surface area contributed by atoms with Gasteiger partial charge in [0.15, 0.2) is 5.82 Å². The van der Waals surface area contributed by atoms with Crippen LogP contribution in [0.3, 0.4) is 0 Å². The highest BCUT2D eigenvalue weighted by Gasteiger charge is 2.26. The molecule has 2 atom stereocenters. The summed E-state index contributed by atoms with van der Waals surface area (Å²) in [7, 11) is 1.64. The molecule has 2 N–H and O–H groups in total. The third-order valence-electron chi connectivity index (χ3n) is 3.65. The van der Waals surface area contributed by atoms with Gasteiger partial charge in [0.2, 0.25) is 5.89 Å². The van der Waals surface area contributed by atoms with Crippen molar-refractivity contribution in [3.05, 3.63) is 41.5 Å². The van der Waals surface area contributed by atoms with Gasteiger partial charge in [0.1, 0.15) is 5.75 Å². The van der Waals surface area contributed by atoms with Crippen molar-refractivity contribution in [3.8, 4) is 5.75 Å². The van der Waals surface area contributed by atoms with E-state index in [9.17, 15) is 0 Å². The zero-order valence-corrected chi connectivity index (χ0v) is 12.0. The summed E-state index contributed by atoms with van der Waals surface area (Å²) in [6, 6.07) is 7.73. The lowest BCUT2D eigenvalue weighted by atomic mass is 9.96. The van der Waals surface area contributed by atoms with Gasteiger partial charge in [0, 0.05) is 13.7 Å². The maximum atomic E-state index is 5.99. The smallest absolute Gasteiger partial charge is 0.243 e. The van der Waals surface area contributed by atoms with Crippen LogP contribution in [0.4, 0.5) is 0 Å². The van der Waals surface area contributed by atoms with E-state index >= 15 is 0 Å². The number of benzene rings is 1. The Morgan fingerprint density at radius 2 is 2.29 bits per heavy atom. The highest BCUT2D eigenvalue weighted by molar-refractivity contribution is 5.36. The molecule has 2 heterocycles. The molecule has 0 radical (unpaired) electrons. The molecule has 1 aliphatic rings. The van der Waals surface area contributed by atoms with Crippen molar-refractivity contribution in [1.29, 1.82) is 0 Å². The van der Waals surface area contributed by atoms with Gasteiger partial charge in [-0.25, -0.2) is 0 Å². The van der Waals surface area contributed by atoms with E-state index in [0.29, 0.717) is 31.3 Å². The average molecular weight is 289 g/mol. The molecule has 0 fully saturated rings. The minimum Gasteiger partial charge on any atom is -0.493 e. The zero-order chi connectivity index (χ0) is 14.7. The zero-order valence-electron chi connectivity index (χ0n) is 12.0. The van der Waals surface area contributed by atoms with Crippen LogP contribution in [0.1, 0.15) is 35.7 Å². The number of aromatic nitrogens is 2. The first-order chi connectivity index (χ1) is 10.3. The third kappa shape index (κ3) is 3.06. The molecule has 1 aliphatic heterocycles. The predicted molar refractivity (Wildman–Crippen MR) is 76.1 cm³/mol. The number of para-hydroxylation sites is 1. The van der Waals surface area contributed by atoms with Crippen LogP contribution in [0.15, 0.2) is 28.8 Å². The summed E-state index contributed by atoms with van der Waals surface area (Å²) in [5, 5.41) is 4.06. The molecular formula is C15H19N3O3. The van der Waals surface area contributed by atoms with Crippen molar-refractivity contribution in [2.45, 2.75) is 24.8 Å². The Morgan fingerprint density at radius 1 is 1.43 bits per heavy atom. The standard InChI is InChI=1S/C15H19N3O3/c1-19-7-6-12(16)15-17-14(18-21-15)11-8-10-4-2-3-5-13(10)20-9-11/h2-5,11-12H,6-9,16H2,1H3. The Balaban J connectivity index is 1.70. The molecule has 3 rings (SSSR count). The lowest BCUT2D eigenvalue weighted by Gasteiger charge is -2.22. The summed E-state index contributed by atoms with van der Waals surface area (Å²) >= 11 is 0. The van der Waals surface area contributed by atoms with Gasteiger partial charge in [-0.15, -0.1) is 0 Å². The highest BCUT2D eigenvalue weighted by atomic mass is 16.5. The number of ether oxygens (including phenoxy) is 2. The largest absolute Gasteiger partial charge is 0.493 e. The van der Waals surface area contributed by atoms with Gasteiger partial charge >= 0.3 is 0 Å². The van der Waals surface area contributed by atoms with Crippen molar-refractivity contribution in [2.24, 2.45) is 5.73 Å². The minimum absolute atomic E-state index is 0.104. The molecule has 1 aromatic heterocycles. The molecule has 0 spiro atoms. The quantitative estimate of drug-likeness (QED) is 0.904. The Kier molecular flexibility index (Phi) is 4.17. The first kappa shape index (κ1) is 14.0. The second kappa shape index (κ2) is 6.24. The minimum atomic E-state index is -0.289. The fourth-order valence-corrected chi connectivity index (χ4v) is 2.43. The van der Waals surface area contributed by atoms with Crippen molar-refractivity contribution in [1.82, 2.24) is 10.1 Å². The Bertz CT molecular complexity index is 599. The first-order valence-electron chi connectivity index (χ1n) is 7.06. The van der Waals surface area contributed by atoms with Gasteiger partial charge in [0.25, 0.3) is 0 Å². The van der Waals surface area contributed by atoms with E-state index in [4.69, 9.17) is 19.7 Å². The number of hydrogen-bond donors (Lipinski definition) is 1. The van der Waals surface area contributed by atoms with Crippen LogP contribution in [0.2, 0.25) is 0 Å². The molecule has 0 saturated carbocycles. The summed E-state index contributed by atoms with van der Waals surface area (Å²) in [6.07, 6.45) is 1.50. The molecule has 1 aromatic carbocycles. The lowest BCUT2D eigenvalue weighted by molar-refractivity contribution is 0.182. The monoisotopic (exact) mass is 289 g/mol. The van der Waals surface area contributed by atoms with E-state index in [-0.39, 0.29) is 12.0 Å². The Morgan fingerprint density at radius 3 is 3.14 bits per heavy atom. The van der Waals surface area contributed by atoms with Gasteiger partial charge in [-0.1, -0.05) is 23.4 Å². The summed E-state index contributed by atoms with van der Waals surface area (Å²) in [5.74, 6) is 2.16. The SMILES string of the molecule is COCCC(N)c1nc(C2COc3ccccc3C2)no1. The van der Waals surface area contributed by atoms with Gasteiger partial charge < -0.3 is 19.7 Å².